The number of amides is 2. The van der Waals surface area contributed by atoms with Crippen molar-refractivity contribution in [3.8, 4) is 33.6 Å². The Labute approximate surface area is 499 Å². The van der Waals surface area contributed by atoms with Gasteiger partial charge < -0.3 is 29.6 Å². The monoisotopic (exact) mass is 1220 g/mol. The van der Waals surface area contributed by atoms with E-state index in [4.69, 9.17) is 24.0 Å². The van der Waals surface area contributed by atoms with E-state index >= 15 is 18.4 Å². The summed E-state index contributed by atoms with van der Waals surface area (Å²) in [5, 5.41) is 43.4. The van der Waals surface area contributed by atoms with Crippen LogP contribution in [0.4, 0.5) is 8.78 Å². The maximum Gasteiger partial charge on any atom is 0.333 e. The highest BCUT2D eigenvalue weighted by Gasteiger charge is 2.42. The van der Waals surface area contributed by atoms with E-state index in [0.717, 1.165) is 31.8 Å². The molecular weight excluding hydrogens is 1150 g/mol. The number of methoxy groups -OCH3 is 2. The van der Waals surface area contributed by atoms with Crippen molar-refractivity contribution in [1.29, 1.82) is 10.5 Å². The third kappa shape index (κ3) is 11.8. The van der Waals surface area contributed by atoms with Crippen molar-refractivity contribution in [2.75, 3.05) is 27.4 Å². The van der Waals surface area contributed by atoms with Crippen molar-refractivity contribution in [2.45, 2.75) is 143 Å². The van der Waals surface area contributed by atoms with Crippen molar-refractivity contribution in [3.63, 3.8) is 0 Å². The lowest BCUT2D eigenvalue weighted by atomic mass is 9.94. The predicted octanol–water partition coefficient (Wildman–Crippen LogP) is 6.27. The summed E-state index contributed by atoms with van der Waals surface area (Å²) >= 11 is 2.05. The van der Waals surface area contributed by atoms with Gasteiger partial charge in [-0.15, -0.1) is 9.59 Å². The molecule has 2 amide bonds. The minimum absolute atomic E-state index is 0.0478. The lowest BCUT2D eigenvalue weighted by Crippen LogP contribution is -2.57. The van der Waals surface area contributed by atoms with Gasteiger partial charge in [-0.2, -0.15) is 30.9 Å². The van der Waals surface area contributed by atoms with Gasteiger partial charge in [0.15, 0.2) is 0 Å². The summed E-state index contributed by atoms with van der Waals surface area (Å²) in [4.78, 5) is 91.7. The van der Waals surface area contributed by atoms with Gasteiger partial charge in [0.2, 0.25) is 11.8 Å². The molecular formula is C58H66F2N14O10S2. The van der Waals surface area contributed by atoms with Crippen LogP contribution in [-0.2, 0) is 60.9 Å². The molecule has 2 aromatic carbocycles. The molecule has 0 saturated heterocycles. The van der Waals surface area contributed by atoms with Crippen molar-refractivity contribution >= 4 is 54.9 Å². The molecule has 0 aliphatic carbocycles. The molecule has 8 aromatic rings. The van der Waals surface area contributed by atoms with Crippen LogP contribution in [0.15, 0.2) is 74.2 Å². The van der Waals surface area contributed by atoms with Gasteiger partial charge in [-0.05, 0) is 113 Å². The Morgan fingerprint density at radius 2 is 1.09 bits per heavy atom. The van der Waals surface area contributed by atoms with Crippen molar-refractivity contribution in [2.24, 2.45) is 0 Å². The number of carbonyl (C=O) groups excluding carboxylic acids is 2. The largest absolute Gasteiger partial charge is 0.496 e. The highest BCUT2D eigenvalue weighted by Crippen LogP contribution is 2.40. The number of aryl methyl sites for hydroxylation is 2. The van der Waals surface area contributed by atoms with E-state index in [9.17, 15) is 29.7 Å². The third-order valence-electron chi connectivity index (χ3n) is 14.9. The number of nitrogens with one attached hydrogen (secondary N) is 2. The maximum atomic E-state index is 15.2. The molecule has 8 rings (SSSR count). The molecule has 0 aliphatic heterocycles. The van der Waals surface area contributed by atoms with Gasteiger partial charge in [0.25, 0.3) is 11.1 Å². The van der Waals surface area contributed by atoms with E-state index in [-0.39, 0.29) is 94.7 Å². The smallest absolute Gasteiger partial charge is 0.333 e. The van der Waals surface area contributed by atoms with Crippen LogP contribution in [-0.4, -0.2) is 99.6 Å². The Bertz CT molecular complexity index is 4260. The lowest BCUT2D eigenvalue weighted by molar-refractivity contribution is -0.130. The number of hydrogen-bond donors (Lipinski definition) is 2. The molecule has 0 radical (unpaired) electrons. The molecule has 454 valence electrons. The predicted molar refractivity (Wildman–Crippen MR) is 316 cm³/mol. The third-order valence-corrected chi connectivity index (χ3v) is 17.5. The van der Waals surface area contributed by atoms with E-state index < -0.39 is 74.3 Å². The first kappa shape index (κ1) is 63.3. The van der Waals surface area contributed by atoms with E-state index in [0.29, 0.717) is 26.8 Å². The normalized spacial score (nSPS) is 13.7. The number of ether oxygens (including phenoxy) is 4. The standard InChI is InChI=1S/C58H66F2N14O10S2/c1-32(2)66-51(77)55(6,7)71-46(76)44-35(5)48(86-50(44)70(53(71)79)31-58(11,84-25-15-21-62)40-28-37(60)17-19-42(40)82-13)74-65-29-38(68-74)26-33(3)67-52(78)56(8,9)72-45(75)43-34(4)47(73-63-22-23-64-73)85-49(43)69(54(72)80)30-57(10,83-24-14-20-61)39-27-36(59)16-18-41(39)81-12/h16-19,22-23,27-29,32-33H,14-15,24-26,30-31H2,1-13H3,(H,66,77)(H,67,78). The summed E-state index contributed by atoms with van der Waals surface area (Å²) in [6.45, 7) is 16.4. The molecule has 2 N–H and O–H groups in total. The molecule has 86 heavy (non-hydrogen) atoms. The van der Waals surface area contributed by atoms with Crippen LogP contribution in [0.3, 0.4) is 0 Å². The van der Waals surface area contributed by atoms with Crippen LogP contribution < -0.4 is 42.6 Å². The first-order chi connectivity index (χ1) is 40.6. The van der Waals surface area contributed by atoms with Gasteiger partial charge in [0, 0.05) is 40.8 Å². The molecule has 6 aromatic heterocycles. The van der Waals surface area contributed by atoms with E-state index in [1.807, 2.05) is 12.1 Å². The zero-order chi connectivity index (χ0) is 63.0. The van der Waals surface area contributed by atoms with Gasteiger partial charge in [-0.25, -0.2) is 27.5 Å². The Morgan fingerprint density at radius 1 is 0.663 bits per heavy atom. The second-order valence-electron chi connectivity index (χ2n) is 22.4. The number of aromatic nitrogens is 10. The fourth-order valence-electron chi connectivity index (χ4n) is 10.4. The summed E-state index contributed by atoms with van der Waals surface area (Å²) < 4.78 is 58.5. The zero-order valence-corrected chi connectivity index (χ0v) is 51.5. The van der Waals surface area contributed by atoms with E-state index in [2.05, 4.69) is 25.9 Å². The number of halogens is 2. The number of hydrogen-bond acceptors (Lipinski definition) is 18. The quantitative estimate of drug-likeness (QED) is 0.0630. The Kier molecular flexibility index (Phi) is 18.2. The summed E-state index contributed by atoms with van der Waals surface area (Å²) in [6, 6.07) is 10.6. The summed E-state index contributed by atoms with van der Waals surface area (Å²) in [5.74, 6) is -2.17. The van der Waals surface area contributed by atoms with E-state index in [1.165, 1.54) is 116 Å². The van der Waals surface area contributed by atoms with Crippen LogP contribution in [0.5, 0.6) is 11.5 Å². The fraction of sp³-hybridized carbons (Fsp3) is 0.448. The molecule has 0 fully saturated rings. The van der Waals surface area contributed by atoms with Crippen molar-refractivity contribution in [3.05, 3.63) is 136 Å². The van der Waals surface area contributed by atoms with Gasteiger partial charge in [0.1, 0.15) is 65.1 Å². The Balaban J connectivity index is 1.18. The zero-order valence-electron chi connectivity index (χ0n) is 49.8. The molecule has 0 aliphatic rings. The first-order valence-electron chi connectivity index (χ1n) is 27.3. The minimum Gasteiger partial charge on any atom is -0.496 e. The molecule has 3 atom stereocenters. The van der Waals surface area contributed by atoms with Gasteiger partial charge in [-0.3, -0.25) is 28.3 Å². The summed E-state index contributed by atoms with van der Waals surface area (Å²) in [7, 11) is 2.78. The fourth-order valence-corrected chi connectivity index (χ4v) is 12.8. The van der Waals surface area contributed by atoms with Crippen LogP contribution in [0.25, 0.3) is 30.4 Å². The second-order valence-corrected chi connectivity index (χ2v) is 24.3. The molecule has 3 unspecified atom stereocenters. The molecule has 6 heterocycles. The van der Waals surface area contributed by atoms with Crippen LogP contribution >= 0.6 is 22.7 Å². The van der Waals surface area contributed by atoms with Crippen molar-refractivity contribution < 1.29 is 37.3 Å². The number of thiophene rings is 2. The average Bonchev–Trinajstić information content (AvgIpc) is 1.48. The molecule has 24 nitrogen and oxygen atoms in total. The first-order valence-corrected chi connectivity index (χ1v) is 28.9. The maximum absolute atomic E-state index is 15.2. The number of nitriles is 2. The van der Waals surface area contributed by atoms with Crippen molar-refractivity contribution in [1.82, 2.24) is 58.9 Å². The lowest BCUT2D eigenvalue weighted by Gasteiger charge is -2.33. The van der Waals surface area contributed by atoms with Crippen LogP contribution in [0.1, 0.15) is 103 Å². The second kappa shape index (κ2) is 24.7. The SMILES string of the molecule is COc1ccc(F)cc1C(C)(Cn1c(=O)n(C(C)(C)C(=O)NC(C)C)c(=O)c2c(C)c(-n3ncc(CC(C)NC(=O)C(C)(C)n4c(=O)c5c(C)c(-n6nccn6)sc5n(CC(C)(OCCC#N)c5cc(F)ccc5OC)c4=O)n3)sc21)OCCC#N. The number of carbonyl (C=O) groups is 2. The highest BCUT2D eigenvalue weighted by molar-refractivity contribution is 7.21. The highest BCUT2D eigenvalue weighted by atomic mass is 32.1. The number of nitrogens with zero attached hydrogens (tertiary/aromatic N) is 12. The molecule has 0 saturated carbocycles. The molecule has 28 heteroatoms. The molecule has 0 bridgehead atoms. The summed E-state index contributed by atoms with van der Waals surface area (Å²) in [6.07, 6.45) is 4.28. The van der Waals surface area contributed by atoms with Gasteiger partial charge in [-0.1, -0.05) is 22.7 Å². The number of rotatable bonds is 24. The van der Waals surface area contributed by atoms with Gasteiger partial charge >= 0.3 is 11.4 Å². The van der Waals surface area contributed by atoms with Crippen LogP contribution in [0.2, 0.25) is 0 Å². The minimum atomic E-state index is -1.90. The van der Waals surface area contributed by atoms with E-state index in [1.54, 1.807) is 48.5 Å². The van der Waals surface area contributed by atoms with Gasteiger partial charge in [0.05, 0.1) is 101 Å². The number of benzene rings is 2. The topological polar surface area (TPSA) is 292 Å². The average molecular weight is 1220 g/mol. The number of fused-ring (bicyclic) bond motifs is 2. The van der Waals surface area contributed by atoms with Crippen LogP contribution in [0, 0.1) is 48.1 Å². The Hall–Kier alpha value is -8.70. The Morgan fingerprint density at radius 3 is 1.51 bits per heavy atom. The molecule has 0 spiro atoms. The summed E-state index contributed by atoms with van der Waals surface area (Å²) in [5.41, 5.74) is -8.71.